The number of sulfonamides is 1. The minimum Gasteiger partial charge on any atom is -0.393 e. The van der Waals surface area contributed by atoms with Gasteiger partial charge in [0.1, 0.15) is 5.69 Å². The second kappa shape index (κ2) is 6.19. The van der Waals surface area contributed by atoms with Gasteiger partial charge in [0.05, 0.1) is 9.82 Å². The molecule has 2 N–H and O–H groups in total. The number of hydrogen-bond acceptors (Lipinski definition) is 5. The number of nitrogens with two attached hydrogens (primary N) is 1. The Labute approximate surface area is 118 Å². The predicted molar refractivity (Wildman–Crippen MR) is 76.8 cm³/mol. The molecule has 0 spiro atoms. The van der Waals surface area contributed by atoms with E-state index in [9.17, 15) is 18.5 Å². The van der Waals surface area contributed by atoms with Crippen molar-refractivity contribution in [2.45, 2.75) is 25.2 Å². The van der Waals surface area contributed by atoms with E-state index >= 15 is 0 Å². The zero-order valence-corrected chi connectivity index (χ0v) is 12.6. The lowest BCUT2D eigenvalue weighted by molar-refractivity contribution is -0.383. The summed E-state index contributed by atoms with van der Waals surface area (Å²) in [6, 6.07) is 3.44. The topological polar surface area (TPSA) is 107 Å². The van der Waals surface area contributed by atoms with E-state index in [2.05, 4.69) is 0 Å². The Balaban J connectivity index is 3.04. The summed E-state index contributed by atoms with van der Waals surface area (Å²) in [7, 11) is -2.19. The van der Waals surface area contributed by atoms with E-state index in [0.29, 0.717) is 12.5 Å². The molecule has 0 bridgehead atoms. The van der Waals surface area contributed by atoms with E-state index in [1.54, 1.807) is 0 Å². The first-order chi connectivity index (χ1) is 9.16. The first kappa shape index (κ1) is 16.4. The second-order valence-electron chi connectivity index (χ2n) is 4.99. The third-order valence-corrected chi connectivity index (χ3v) is 4.78. The smallest absolute Gasteiger partial charge is 0.292 e. The summed E-state index contributed by atoms with van der Waals surface area (Å²) in [6.45, 7) is 4.39. The third kappa shape index (κ3) is 3.67. The number of nitrogen functional groups attached to an aromatic ring is 1. The van der Waals surface area contributed by atoms with Gasteiger partial charge >= 0.3 is 0 Å². The standard InChI is InChI=1S/C12H19N3O4S/c1-9(2)6-7-14(3)20(18,19)10-4-5-12(15(16)17)11(13)8-10/h4-5,8-9H,6-7,13H2,1-3H3. The van der Waals surface area contributed by atoms with Gasteiger partial charge in [-0.2, -0.15) is 0 Å². The molecule has 20 heavy (non-hydrogen) atoms. The Hall–Kier alpha value is -1.67. The SMILES string of the molecule is CC(C)CCN(C)S(=O)(=O)c1ccc([N+](=O)[O-])c(N)c1. The van der Waals surface area contributed by atoms with Crippen LogP contribution in [0, 0.1) is 16.0 Å². The van der Waals surface area contributed by atoms with Gasteiger partial charge in [0.25, 0.3) is 5.69 Å². The van der Waals surface area contributed by atoms with Crippen LogP contribution in [-0.2, 0) is 10.0 Å². The van der Waals surface area contributed by atoms with Crippen molar-refractivity contribution in [2.24, 2.45) is 5.92 Å². The molecule has 0 radical (unpaired) electrons. The molecule has 0 saturated heterocycles. The summed E-state index contributed by atoms with van der Waals surface area (Å²) in [4.78, 5) is 9.98. The van der Waals surface area contributed by atoms with Gasteiger partial charge in [0.15, 0.2) is 0 Å². The van der Waals surface area contributed by atoms with Crippen molar-refractivity contribution in [1.29, 1.82) is 0 Å². The van der Waals surface area contributed by atoms with Crippen LogP contribution < -0.4 is 5.73 Å². The summed E-state index contributed by atoms with van der Waals surface area (Å²) in [5.74, 6) is 0.384. The van der Waals surface area contributed by atoms with Crippen LogP contribution in [-0.4, -0.2) is 31.2 Å². The maximum atomic E-state index is 12.3. The molecule has 1 aromatic rings. The highest BCUT2D eigenvalue weighted by molar-refractivity contribution is 7.89. The van der Waals surface area contributed by atoms with Crippen LogP contribution in [0.2, 0.25) is 0 Å². The van der Waals surface area contributed by atoms with Gasteiger partial charge in [-0.15, -0.1) is 0 Å². The Morgan fingerprint density at radius 2 is 2.00 bits per heavy atom. The first-order valence-corrected chi connectivity index (χ1v) is 7.60. The third-order valence-electron chi connectivity index (χ3n) is 2.93. The van der Waals surface area contributed by atoms with Gasteiger partial charge in [0, 0.05) is 19.7 Å². The van der Waals surface area contributed by atoms with Crippen LogP contribution in [0.4, 0.5) is 11.4 Å². The summed E-state index contributed by atoms with van der Waals surface area (Å²) < 4.78 is 25.8. The molecule has 1 aromatic carbocycles. The summed E-state index contributed by atoms with van der Waals surface area (Å²) in [5, 5.41) is 10.7. The number of nitro groups is 1. The van der Waals surface area contributed by atoms with Crippen molar-refractivity contribution in [1.82, 2.24) is 4.31 Å². The summed E-state index contributed by atoms with van der Waals surface area (Å²) in [6.07, 6.45) is 0.734. The fraction of sp³-hybridized carbons (Fsp3) is 0.500. The Bertz CT molecular complexity index is 599. The lowest BCUT2D eigenvalue weighted by Crippen LogP contribution is -2.28. The molecular weight excluding hydrogens is 282 g/mol. The maximum absolute atomic E-state index is 12.3. The molecule has 0 aromatic heterocycles. The number of anilines is 1. The highest BCUT2D eigenvalue weighted by Gasteiger charge is 2.23. The van der Waals surface area contributed by atoms with Crippen LogP contribution in [0.15, 0.2) is 23.1 Å². The van der Waals surface area contributed by atoms with Crippen molar-refractivity contribution in [3.05, 3.63) is 28.3 Å². The quantitative estimate of drug-likeness (QED) is 0.490. The number of hydrogen-bond donors (Lipinski definition) is 1. The van der Waals surface area contributed by atoms with Crippen molar-refractivity contribution in [2.75, 3.05) is 19.3 Å². The predicted octanol–water partition coefficient (Wildman–Crippen LogP) is 1.84. The Morgan fingerprint density at radius 3 is 2.45 bits per heavy atom. The monoisotopic (exact) mass is 301 g/mol. The molecule has 0 atom stereocenters. The van der Waals surface area contributed by atoms with E-state index in [4.69, 9.17) is 5.73 Å². The average molecular weight is 301 g/mol. The lowest BCUT2D eigenvalue weighted by Gasteiger charge is -2.18. The molecule has 0 amide bonds. The van der Waals surface area contributed by atoms with E-state index < -0.39 is 14.9 Å². The van der Waals surface area contributed by atoms with Crippen molar-refractivity contribution >= 4 is 21.4 Å². The Morgan fingerprint density at radius 1 is 1.40 bits per heavy atom. The number of rotatable bonds is 6. The molecule has 0 unspecified atom stereocenters. The van der Waals surface area contributed by atoms with Crippen LogP contribution in [0.25, 0.3) is 0 Å². The van der Waals surface area contributed by atoms with Gasteiger partial charge in [0.2, 0.25) is 10.0 Å². The van der Waals surface area contributed by atoms with Crippen molar-refractivity contribution in [3.63, 3.8) is 0 Å². The summed E-state index contributed by atoms with van der Waals surface area (Å²) in [5.41, 5.74) is 5.06. The molecule has 0 heterocycles. The normalized spacial score (nSPS) is 12.1. The molecule has 0 saturated carbocycles. The van der Waals surface area contributed by atoms with Gasteiger partial charge in [-0.25, -0.2) is 12.7 Å². The van der Waals surface area contributed by atoms with Gasteiger partial charge in [-0.1, -0.05) is 13.8 Å². The second-order valence-corrected chi connectivity index (χ2v) is 7.03. The zero-order valence-electron chi connectivity index (χ0n) is 11.7. The molecule has 112 valence electrons. The lowest BCUT2D eigenvalue weighted by atomic mass is 10.1. The molecule has 8 heteroatoms. The van der Waals surface area contributed by atoms with Crippen LogP contribution in [0.1, 0.15) is 20.3 Å². The highest BCUT2D eigenvalue weighted by Crippen LogP contribution is 2.26. The van der Waals surface area contributed by atoms with Crippen LogP contribution >= 0.6 is 0 Å². The number of benzene rings is 1. The maximum Gasteiger partial charge on any atom is 0.292 e. The van der Waals surface area contributed by atoms with Gasteiger partial charge < -0.3 is 5.73 Å². The number of nitrogens with zero attached hydrogens (tertiary/aromatic N) is 2. The van der Waals surface area contributed by atoms with Crippen LogP contribution in [0.5, 0.6) is 0 Å². The Kier molecular flexibility index (Phi) is 5.07. The van der Waals surface area contributed by atoms with E-state index in [-0.39, 0.29) is 16.3 Å². The molecule has 1 rings (SSSR count). The zero-order chi connectivity index (χ0) is 15.5. The molecule has 0 fully saturated rings. The molecule has 0 aliphatic rings. The summed E-state index contributed by atoms with van der Waals surface area (Å²) >= 11 is 0. The van der Waals surface area contributed by atoms with Crippen molar-refractivity contribution in [3.8, 4) is 0 Å². The van der Waals surface area contributed by atoms with E-state index in [1.165, 1.54) is 17.4 Å². The van der Waals surface area contributed by atoms with Crippen molar-refractivity contribution < 1.29 is 13.3 Å². The average Bonchev–Trinajstić information content (AvgIpc) is 2.34. The van der Waals surface area contributed by atoms with Gasteiger partial charge in [-0.05, 0) is 24.5 Å². The molecule has 0 aliphatic carbocycles. The highest BCUT2D eigenvalue weighted by atomic mass is 32.2. The minimum absolute atomic E-state index is 0.0353. The van der Waals surface area contributed by atoms with Crippen LogP contribution in [0.3, 0.4) is 0 Å². The first-order valence-electron chi connectivity index (χ1n) is 6.16. The fourth-order valence-electron chi connectivity index (χ4n) is 1.60. The molecular formula is C12H19N3O4S. The van der Waals surface area contributed by atoms with Gasteiger partial charge in [-0.3, -0.25) is 10.1 Å². The number of nitro benzene ring substituents is 1. The van der Waals surface area contributed by atoms with E-state index in [1.807, 2.05) is 13.8 Å². The minimum atomic E-state index is -3.67. The van der Waals surface area contributed by atoms with E-state index in [0.717, 1.165) is 18.6 Å². The molecule has 0 aliphatic heterocycles. The molecule has 7 nitrogen and oxygen atoms in total. The fourth-order valence-corrected chi connectivity index (χ4v) is 2.82. The largest absolute Gasteiger partial charge is 0.393 e.